The first-order chi connectivity index (χ1) is 12.5. The fourth-order valence-electron chi connectivity index (χ4n) is 2.55. The van der Waals surface area contributed by atoms with Gasteiger partial charge in [-0.15, -0.1) is 11.3 Å². The molecule has 1 heterocycles. The van der Waals surface area contributed by atoms with Gasteiger partial charge < -0.3 is 0 Å². The lowest BCUT2D eigenvalue weighted by Gasteiger charge is -2.06. The molecule has 1 N–H and O–H groups in total. The minimum absolute atomic E-state index is 0.0999. The fraction of sp³-hybridized carbons (Fsp3) is 0.250. The van der Waals surface area contributed by atoms with Gasteiger partial charge in [0.1, 0.15) is 5.01 Å². The van der Waals surface area contributed by atoms with Crippen LogP contribution < -0.4 is 4.72 Å². The largest absolute Gasteiger partial charge is 0.241 e. The summed E-state index contributed by atoms with van der Waals surface area (Å²) >= 11 is 1.59. The van der Waals surface area contributed by atoms with E-state index in [-0.39, 0.29) is 5.75 Å². The molecule has 0 radical (unpaired) electrons. The van der Waals surface area contributed by atoms with E-state index in [2.05, 4.69) is 40.9 Å². The van der Waals surface area contributed by atoms with E-state index in [0.29, 0.717) is 19.4 Å². The standard InChI is InChI=1S/C20H22N2O2S2/c1-16-7-9-18(10-8-16)20-22-19(15-25-20)11-13-21-26(23,24)14-12-17-5-3-2-4-6-17/h2-10,15,21H,11-14H2,1H3. The number of sulfonamides is 1. The molecule has 4 nitrogen and oxygen atoms in total. The summed E-state index contributed by atoms with van der Waals surface area (Å²) in [4.78, 5) is 4.61. The molecule has 136 valence electrons. The number of nitrogens with zero attached hydrogens (tertiary/aromatic N) is 1. The van der Waals surface area contributed by atoms with E-state index in [1.54, 1.807) is 11.3 Å². The zero-order valence-electron chi connectivity index (χ0n) is 14.7. The Bertz CT molecular complexity index is 933. The van der Waals surface area contributed by atoms with Gasteiger partial charge in [0, 0.05) is 23.9 Å². The lowest BCUT2D eigenvalue weighted by molar-refractivity contribution is 0.580. The predicted octanol–water partition coefficient (Wildman–Crippen LogP) is 3.82. The zero-order valence-corrected chi connectivity index (χ0v) is 16.3. The molecular weight excluding hydrogens is 364 g/mol. The molecule has 2 aromatic carbocycles. The second-order valence-electron chi connectivity index (χ2n) is 6.21. The van der Waals surface area contributed by atoms with Crippen LogP contribution in [0.2, 0.25) is 0 Å². The molecule has 0 saturated carbocycles. The highest BCUT2D eigenvalue weighted by atomic mass is 32.2. The van der Waals surface area contributed by atoms with Crippen molar-refractivity contribution < 1.29 is 8.42 Å². The van der Waals surface area contributed by atoms with Crippen molar-refractivity contribution in [3.05, 3.63) is 76.8 Å². The Morgan fingerprint density at radius 1 is 1.00 bits per heavy atom. The summed E-state index contributed by atoms with van der Waals surface area (Å²) < 4.78 is 26.9. The molecule has 26 heavy (non-hydrogen) atoms. The van der Waals surface area contributed by atoms with E-state index < -0.39 is 10.0 Å². The van der Waals surface area contributed by atoms with Crippen molar-refractivity contribution in [2.45, 2.75) is 19.8 Å². The van der Waals surface area contributed by atoms with Crippen LogP contribution in [0.3, 0.4) is 0 Å². The van der Waals surface area contributed by atoms with Crippen LogP contribution in [0.1, 0.15) is 16.8 Å². The van der Waals surface area contributed by atoms with Crippen molar-refractivity contribution in [1.82, 2.24) is 9.71 Å². The summed E-state index contributed by atoms with van der Waals surface area (Å²) in [5, 5.41) is 2.96. The molecule has 1 aromatic heterocycles. The SMILES string of the molecule is Cc1ccc(-c2nc(CCNS(=O)(=O)CCc3ccccc3)cs2)cc1. The van der Waals surface area contributed by atoms with E-state index in [1.165, 1.54) is 5.56 Å². The van der Waals surface area contributed by atoms with Gasteiger partial charge in [-0.05, 0) is 18.9 Å². The molecule has 3 aromatic rings. The topological polar surface area (TPSA) is 59.1 Å². The summed E-state index contributed by atoms with van der Waals surface area (Å²) in [6.45, 7) is 2.43. The van der Waals surface area contributed by atoms with Crippen LogP contribution in [0.4, 0.5) is 0 Å². The second-order valence-corrected chi connectivity index (χ2v) is 8.99. The molecule has 0 atom stereocenters. The molecular formula is C20H22N2O2S2. The van der Waals surface area contributed by atoms with Gasteiger partial charge in [-0.1, -0.05) is 60.2 Å². The Morgan fingerprint density at radius 3 is 2.46 bits per heavy atom. The third kappa shape index (κ3) is 5.49. The minimum atomic E-state index is -3.27. The van der Waals surface area contributed by atoms with Crippen LogP contribution in [0.15, 0.2) is 60.0 Å². The van der Waals surface area contributed by atoms with Gasteiger partial charge in [0.15, 0.2) is 0 Å². The number of hydrogen-bond acceptors (Lipinski definition) is 4. The van der Waals surface area contributed by atoms with Gasteiger partial charge in [0.2, 0.25) is 10.0 Å². The normalized spacial score (nSPS) is 11.6. The van der Waals surface area contributed by atoms with Gasteiger partial charge in [0.25, 0.3) is 0 Å². The third-order valence-corrected chi connectivity index (χ3v) is 6.38. The Labute approximate surface area is 159 Å². The van der Waals surface area contributed by atoms with Crippen LogP contribution in [0.5, 0.6) is 0 Å². The van der Waals surface area contributed by atoms with Crippen molar-refractivity contribution in [2.24, 2.45) is 0 Å². The van der Waals surface area contributed by atoms with E-state index in [9.17, 15) is 8.42 Å². The maximum absolute atomic E-state index is 12.1. The molecule has 0 saturated heterocycles. The van der Waals surface area contributed by atoms with Crippen molar-refractivity contribution >= 4 is 21.4 Å². The fourth-order valence-corrected chi connectivity index (χ4v) is 4.48. The number of thiazole rings is 1. The number of aryl methyl sites for hydroxylation is 2. The number of rotatable bonds is 8. The lowest BCUT2D eigenvalue weighted by atomic mass is 10.2. The highest BCUT2D eigenvalue weighted by Crippen LogP contribution is 2.24. The zero-order chi connectivity index (χ0) is 18.4. The van der Waals surface area contributed by atoms with Crippen molar-refractivity contribution in [1.29, 1.82) is 0 Å². The lowest BCUT2D eigenvalue weighted by Crippen LogP contribution is -2.29. The molecule has 0 bridgehead atoms. The summed E-state index contributed by atoms with van der Waals surface area (Å²) in [6, 6.07) is 17.9. The Kier molecular flexibility index (Phi) is 6.19. The first-order valence-electron chi connectivity index (χ1n) is 8.54. The van der Waals surface area contributed by atoms with Gasteiger partial charge in [-0.2, -0.15) is 0 Å². The molecule has 3 rings (SSSR count). The number of nitrogens with one attached hydrogen (secondary N) is 1. The van der Waals surface area contributed by atoms with Crippen molar-refractivity contribution in [3.8, 4) is 10.6 Å². The molecule has 0 aliphatic carbocycles. The van der Waals surface area contributed by atoms with Crippen LogP contribution in [0.25, 0.3) is 10.6 Å². The van der Waals surface area contributed by atoms with Gasteiger partial charge >= 0.3 is 0 Å². The van der Waals surface area contributed by atoms with Crippen LogP contribution in [-0.2, 0) is 22.9 Å². The maximum Gasteiger partial charge on any atom is 0.211 e. The van der Waals surface area contributed by atoms with E-state index in [0.717, 1.165) is 21.8 Å². The number of aromatic nitrogens is 1. The first-order valence-corrected chi connectivity index (χ1v) is 11.1. The number of benzene rings is 2. The molecule has 0 unspecified atom stereocenters. The van der Waals surface area contributed by atoms with Crippen LogP contribution in [-0.4, -0.2) is 25.7 Å². The highest BCUT2D eigenvalue weighted by Gasteiger charge is 2.11. The molecule has 0 amide bonds. The van der Waals surface area contributed by atoms with Gasteiger partial charge in [-0.3, -0.25) is 0 Å². The van der Waals surface area contributed by atoms with E-state index >= 15 is 0 Å². The summed E-state index contributed by atoms with van der Waals surface area (Å²) in [6.07, 6.45) is 1.11. The monoisotopic (exact) mass is 386 g/mol. The van der Waals surface area contributed by atoms with Gasteiger partial charge in [-0.25, -0.2) is 18.1 Å². The molecule has 6 heteroatoms. The molecule has 0 spiro atoms. The third-order valence-electron chi connectivity index (χ3n) is 4.06. The van der Waals surface area contributed by atoms with Gasteiger partial charge in [0.05, 0.1) is 11.4 Å². The Hall–Kier alpha value is -2.02. The first kappa shape index (κ1) is 18.8. The second kappa shape index (κ2) is 8.58. The summed E-state index contributed by atoms with van der Waals surface area (Å²) in [5.41, 5.74) is 4.25. The minimum Gasteiger partial charge on any atom is -0.241 e. The summed E-state index contributed by atoms with van der Waals surface area (Å²) in [7, 11) is -3.27. The predicted molar refractivity (Wildman–Crippen MR) is 108 cm³/mol. The van der Waals surface area contributed by atoms with Crippen LogP contribution in [0, 0.1) is 6.92 Å². The number of hydrogen-bond donors (Lipinski definition) is 1. The van der Waals surface area contributed by atoms with Crippen molar-refractivity contribution in [3.63, 3.8) is 0 Å². The Morgan fingerprint density at radius 2 is 1.73 bits per heavy atom. The van der Waals surface area contributed by atoms with E-state index in [1.807, 2.05) is 35.7 Å². The molecule has 0 aliphatic rings. The Balaban J connectivity index is 1.49. The highest BCUT2D eigenvalue weighted by molar-refractivity contribution is 7.89. The smallest absolute Gasteiger partial charge is 0.211 e. The van der Waals surface area contributed by atoms with Crippen molar-refractivity contribution in [2.75, 3.05) is 12.3 Å². The molecule has 0 aliphatic heterocycles. The summed E-state index contributed by atoms with van der Waals surface area (Å²) in [5.74, 6) is 0.0999. The van der Waals surface area contributed by atoms with E-state index in [4.69, 9.17) is 0 Å². The van der Waals surface area contributed by atoms with Crippen LogP contribution >= 0.6 is 11.3 Å². The maximum atomic E-state index is 12.1. The average Bonchev–Trinajstić information content (AvgIpc) is 3.10. The average molecular weight is 387 g/mol. The quantitative estimate of drug-likeness (QED) is 0.640. The molecule has 0 fully saturated rings.